The van der Waals surface area contributed by atoms with Crippen molar-refractivity contribution in [3.63, 3.8) is 0 Å². The zero-order valence-corrected chi connectivity index (χ0v) is 9.09. The van der Waals surface area contributed by atoms with Crippen molar-refractivity contribution >= 4 is 23.0 Å². The van der Waals surface area contributed by atoms with Crippen molar-refractivity contribution in [2.24, 2.45) is 0 Å². The third kappa shape index (κ3) is 1.55. The first kappa shape index (κ1) is 9.66. The van der Waals surface area contributed by atoms with Gasteiger partial charge in [-0.25, -0.2) is 0 Å². The lowest BCUT2D eigenvalue weighted by Gasteiger charge is -2.26. The van der Waals surface area contributed by atoms with E-state index in [0.717, 1.165) is 22.9 Å². The summed E-state index contributed by atoms with van der Waals surface area (Å²) in [7, 11) is 0. The van der Waals surface area contributed by atoms with E-state index in [9.17, 15) is 0 Å². The van der Waals surface area contributed by atoms with Gasteiger partial charge in [-0.3, -0.25) is 0 Å². The van der Waals surface area contributed by atoms with Crippen molar-refractivity contribution in [2.75, 3.05) is 17.2 Å². The average Bonchev–Trinajstić information content (AvgIpc) is 2.52. The molecule has 0 radical (unpaired) electrons. The number of nitrogens with zero attached hydrogens (tertiary/aromatic N) is 1. The van der Waals surface area contributed by atoms with Gasteiger partial charge in [0.05, 0.1) is 16.4 Å². The van der Waals surface area contributed by atoms with Crippen molar-refractivity contribution in [1.82, 2.24) is 0 Å². The second-order valence-corrected chi connectivity index (χ2v) is 4.27. The minimum atomic E-state index is 0.553. The Morgan fingerprint density at radius 1 is 1.50 bits per heavy atom. The summed E-state index contributed by atoms with van der Waals surface area (Å²) in [6.45, 7) is 3.28. The summed E-state index contributed by atoms with van der Waals surface area (Å²) in [4.78, 5) is 2.30. The minimum Gasteiger partial charge on any atom is -0.397 e. The zero-order valence-electron chi connectivity index (χ0n) is 8.33. The third-order valence-corrected chi connectivity index (χ3v) is 3.16. The molecule has 1 aliphatic rings. The molecular weight excluding hydrogens is 196 g/mol. The Balaban J connectivity index is 2.39. The van der Waals surface area contributed by atoms with Crippen molar-refractivity contribution in [3.8, 4) is 0 Å². The summed E-state index contributed by atoms with van der Waals surface area (Å²) in [5, 5.41) is 0.763. The maximum Gasteiger partial charge on any atom is 0.0791 e. The second-order valence-electron chi connectivity index (χ2n) is 3.86. The van der Waals surface area contributed by atoms with Crippen LogP contribution in [0.2, 0.25) is 5.02 Å². The van der Waals surface area contributed by atoms with Gasteiger partial charge in [0, 0.05) is 12.6 Å². The molecule has 1 atom stereocenters. The number of benzene rings is 1. The van der Waals surface area contributed by atoms with Crippen molar-refractivity contribution in [2.45, 2.75) is 25.8 Å². The summed E-state index contributed by atoms with van der Waals surface area (Å²) in [6, 6.07) is 6.25. The first-order valence-electron chi connectivity index (χ1n) is 5.01. The molecule has 76 valence electrons. The van der Waals surface area contributed by atoms with E-state index >= 15 is 0 Å². The van der Waals surface area contributed by atoms with E-state index in [1.54, 1.807) is 0 Å². The maximum absolute atomic E-state index is 6.15. The lowest BCUT2D eigenvalue weighted by molar-refractivity contribution is 0.736. The van der Waals surface area contributed by atoms with E-state index in [2.05, 4.69) is 11.8 Å². The Kier molecular flexibility index (Phi) is 2.55. The van der Waals surface area contributed by atoms with Crippen LogP contribution in [-0.2, 0) is 0 Å². The van der Waals surface area contributed by atoms with Gasteiger partial charge in [0.25, 0.3) is 0 Å². The first-order valence-corrected chi connectivity index (χ1v) is 5.38. The molecule has 2 nitrogen and oxygen atoms in total. The molecule has 0 amide bonds. The number of hydrogen-bond donors (Lipinski definition) is 1. The molecular formula is C11H15ClN2. The Bertz CT molecular complexity index is 318. The number of rotatable bonds is 1. The van der Waals surface area contributed by atoms with Crippen molar-refractivity contribution in [1.29, 1.82) is 0 Å². The number of hydrogen-bond acceptors (Lipinski definition) is 2. The Labute approximate surface area is 89.7 Å². The van der Waals surface area contributed by atoms with Crippen molar-refractivity contribution < 1.29 is 0 Å². The van der Waals surface area contributed by atoms with Crippen molar-refractivity contribution in [3.05, 3.63) is 23.2 Å². The molecule has 0 saturated carbocycles. The van der Waals surface area contributed by atoms with E-state index in [1.807, 2.05) is 18.2 Å². The highest BCUT2D eigenvalue weighted by molar-refractivity contribution is 6.34. The van der Waals surface area contributed by atoms with Crippen LogP contribution in [0.3, 0.4) is 0 Å². The van der Waals surface area contributed by atoms with Gasteiger partial charge in [-0.1, -0.05) is 17.7 Å². The minimum absolute atomic E-state index is 0.553. The molecule has 0 bridgehead atoms. The molecule has 0 aromatic heterocycles. The fourth-order valence-electron chi connectivity index (χ4n) is 2.10. The van der Waals surface area contributed by atoms with Gasteiger partial charge >= 0.3 is 0 Å². The van der Waals surface area contributed by atoms with Gasteiger partial charge in [0.1, 0.15) is 0 Å². The standard InChI is InChI=1S/C11H15ClN2/c1-8-4-3-7-14(8)11-9(12)5-2-6-10(11)13/h2,5-6,8H,3-4,7,13H2,1H3. The highest BCUT2D eigenvalue weighted by Crippen LogP contribution is 2.36. The van der Waals surface area contributed by atoms with Crippen LogP contribution in [0.4, 0.5) is 11.4 Å². The topological polar surface area (TPSA) is 29.3 Å². The van der Waals surface area contributed by atoms with Crippen LogP contribution in [0, 0.1) is 0 Å². The zero-order chi connectivity index (χ0) is 10.1. The molecule has 0 spiro atoms. The van der Waals surface area contributed by atoms with E-state index in [4.69, 9.17) is 17.3 Å². The van der Waals surface area contributed by atoms with Crippen LogP contribution >= 0.6 is 11.6 Å². The van der Waals surface area contributed by atoms with E-state index in [0.29, 0.717) is 6.04 Å². The highest BCUT2D eigenvalue weighted by Gasteiger charge is 2.23. The van der Waals surface area contributed by atoms with Crippen LogP contribution < -0.4 is 10.6 Å². The normalized spacial score (nSPS) is 21.6. The van der Waals surface area contributed by atoms with E-state index < -0.39 is 0 Å². The largest absolute Gasteiger partial charge is 0.397 e. The lowest BCUT2D eigenvalue weighted by atomic mass is 10.2. The van der Waals surface area contributed by atoms with E-state index in [1.165, 1.54) is 12.8 Å². The van der Waals surface area contributed by atoms with Gasteiger partial charge in [0.15, 0.2) is 0 Å². The molecule has 1 fully saturated rings. The molecule has 1 unspecified atom stereocenters. The monoisotopic (exact) mass is 210 g/mol. The average molecular weight is 211 g/mol. The van der Waals surface area contributed by atoms with Crippen LogP contribution in [0.1, 0.15) is 19.8 Å². The fraction of sp³-hybridized carbons (Fsp3) is 0.455. The molecule has 14 heavy (non-hydrogen) atoms. The smallest absolute Gasteiger partial charge is 0.0791 e. The number of halogens is 1. The molecule has 1 saturated heterocycles. The molecule has 2 rings (SSSR count). The van der Waals surface area contributed by atoms with Gasteiger partial charge < -0.3 is 10.6 Å². The summed E-state index contributed by atoms with van der Waals surface area (Å²) in [5.41, 5.74) is 7.73. The molecule has 2 N–H and O–H groups in total. The Morgan fingerprint density at radius 2 is 2.29 bits per heavy atom. The molecule has 0 aliphatic carbocycles. The van der Waals surface area contributed by atoms with E-state index in [-0.39, 0.29) is 0 Å². The fourth-order valence-corrected chi connectivity index (χ4v) is 2.39. The number of para-hydroxylation sites is 1. The molecule has 3 heteroatoms. The number of nitrogen functional groups attached to an aromatic ring is 1. The maximum atomic E-state index is 6.15. The second kappa shape index (κ2) is 3.70. The van der Waals surface area contributed by atoms with Gasteiger partial charge in [0.2, 0.25) is 0 Å². The van der Waals surface area contributed by atoms with Gasteiger partial charge in [-0.2, -0.15) is 0 Å². The van der Waals surface area contributed by atoms with Crippen LogP contribution in [0.15, 0.2) is 18.2 Å². The summed E-state index contributed by atoms with van der Waals surface area (Å²) in [5.74, 6) is 0. The summed E-state index contributed by atoms with van der Waals surface area (Å²) in [6.07, 6.45) is 2.45. The summed E-state index contributed by atoms with van der Waals surface area (Å²) < 4.78 is 0. The van der Waals surface area contributed by atoms with Gasteiger partial charge in [-0.15, -0.1) is 0 Å². The predicted molar refractivity (Wildman–Crippen MR) is 61.9 cm³/mol. The Hall–Kier alpha value is -0.890. The van der Waals surface area contributed by atoms with Gasteiger partial charge in [-0.05, 0) is 31.9 Å². The quantitative estimate of drug-likeness (QED) is 0.723. The SMILES string of the molecule is CC1CCCN1c1c(N)cccc1Cl. The molecule has 1 aromatic carbocycles. The third-order valence-electron chi connectivity index (χ3n) is 2.86. The Morgan fingerprint density at radius 3 is 2.86 bits per heavy atom. The van der Waals surface area contributed by atoms with Crippen LogP contribution in [0.5, 0.6) is 0 Å². The predicted octanol–water partition coefficient (Wildman–Crippen LogP) is 2.91. The molecule has 1 aromatic rings. The van der Waals surface area contributed by atoms with Crippen LogP contribution in [-0.4, -0.2) is 12.6 Å². The highest BCUT2D eigenvalue weighted by atomic mass is 35.5. The number of nitrogens with two attached hydrogens (primary N) is 1. The molecule has 1 aliphatic heterocycles. The molecule has 1 heterocycles. The first-order chi connectivity index (χ1) is 6.70. The lowest BCUT2D eigenvalue weighted by Crippen LogP contribution is -2.27. The summed E-state index contributed by atoms with van der Waals surface area (Å²) >= 11 is 6.15. The number of anilines is 2. The van der Waals surface area contributed by atoms with Crippen LogP contribution in [0.25, 0.3) is 0 Å².